The number of nitrogens with one attached hydrogen (secondary N) is 1. The molecule has 0 aromatic carbocycles. The van der Waals surface area contributed by atoms with Gasteiger partial charge in [-0.3, -0.25) is 9.89 Å². The van der Waals surface area contributed by atoms with Crippen LogP contribution < -0.4 is 0 Å². The Morgan fingerprint density at radius 1 is 1.55 bits per heavy atom. The number of H-pyrrole nitrogens is 1. The van der Waals surface area contributed by atoms with E-state index in [1.165, 1.54) is 5.56 Å². The molecule has 0 saturated heterocycles. The van der Waals surface area contributed by atoms with Crippen molar-refractivity contribution in [3.8, 4) is 0 Å². The summed E-state index contributed by atoms with van der Waals surface area (Å²) < 4.78 is 0. The molecule has 1 saturated carbocycles. The molecule has 1 aromatic rings. The third kappa shape index (κ3) is 2.59. The summed E-state index contributed by atoms with van der Waals surface area (Å²) in [4.78, 5) is 14.3. The minimum absolute atomic E-state index is 0.0259. The molecule has 20 heavy (non-hydrogen) atoms. The van der Waals surface area contributed by atoms with Crippen molar-refractivity contribution < 1.29 is 9.90 Å². The lowest BCUT2D eigenvalue weighted by Gasteiger charge is -2.32. The van der Waals surface area contributed by atoms with Gasteiger partial charge < -0.3 is 10.0 Å². The minimum Gasteiger partial charge on any atom is -0.388 e. The van der Waals surface area contributed by atoms with Gasteiger partial charge in [0.1, 0.15) is 0 Å². The van der Waals surface area contributed by atoms with Gasteiger partial charge in [-0.05, 0) is 31.2 Å². The number of hydrogen-bond donors (Lipinski definition) is 2. The van der Waals surface area contributed by atoms with E-state index in [1.807, 2.05) is 13.2 Å². The van der Waals surface area contributed by atoms with Gasteiger partial charge in [-0.25, -0.2) is 0 Å². The fraction of sp³-hybridized carbons (Fsp3) is 0.733. The molecule has 1 atom stereocenters. The summed E-state index contributed by atoms with van der Waals surface area (Å²) in [7, 11) is 1.82. The summed E-state index contributed by atoms with van der Waals surface area (Å²) in [6.07, 6.45) is 8.19. The molecule has 0 radical (unpaired) electrons. The van der Waals surface area contributed by atoms with Gasteiger partial charge >= 0.3 is 0 Å². The van der Waals surface area contributed by atoms with Crippen LogP contribution in [0.3, 0.4) is 0 Å². The van der Waals surface area contributed by atoms with Gasteiger partial charge in [0.2, 0.25) is 5.91 Å². The van der Waals surface area contributed by atoms with Crippen LogP contribution in [0.15, 0.2) is 6.20 Å². The summed E-state index contributed by atoms with van der Waals surface area (Å²) in [6, 6.07) is 0. The Morgan fingerprint density at radius 2 is 2.30 bits per heavy atom. The average Bonchev–Trinajstić information content (AvgIpc) is 3.05. The number of aryl methyl sites for hydroxylation is 1. The van der Waals surface area contributed by atoms with E-state index in [4.69, 9.17) is 0 Å². The van der Waals surface area contributed by atoms with Crippen molar-refractivity contribution in [1.29, 1.82) is 0 Å². The molecule has 2 N–H and O–H groups in total. The maximum absolute atomic E-state index is 12.5. The smallest absolute Gasteiger partial charge is 0.225 e. The number of carbonyl (C=O) groups excluding carboxylic acids is 1. The predicted octanol–water partition coefficient (Wildman–Crippen LogP) is 1.28. The molecular weight excluding hydrogens is 254 g/mol. The Kier molecular flexibility index (Phi) is 3.54. The van der Waals surface area contributed by atoms with Crippen LogP contribution in [0.1, 0.15) is 43.4 Å². The quantitative estimate of drug-likeness (QED) is 0.874. The van der Waals surface area contributed by atoms with Crippen molar-refractivity contribution in [2.24, 2.45) is 5.92 Å². The number of aromatic amines is 1. The molecular formula is C15H23N3O2. The van der Waals surface area contributed by atoms with Crippen molar-refractivity contribution in [2.75, 3.05) is 13.6 Å². The zero-order valence-corrected chi connectivity index (χ0v) is 12.1. The Bertz CT molecular complexity index is 491. The summed E-state index contributed by atoms with van der Waals surface area (Å²) in [6.45, 7) is 0.470. The third-order valence-electron chi connectivity index (χ3n) is 4.81. The molecule has 1 unspecified atom stereocenters. The average molecular weight is 277 g/mol. The number of rotatable bonds is 3. The number of amides is 1. The van der Waals surface area contributed by atoms with Crippen molar-refractivity contribution >= 4 is 5.91 Å². The lowest BCUT2D eigenvalue weighted by Crippen LogP contribution is -2.45. The molecule has 110 valence electrons. The summed E-state index contributed by atoms with van der Waals surface area (Å²) >= 11 is 0. The van der Waals surface area contributed by atoms with Crippen LogP contribution in [0.25, 0.3) is 0 Å². The second-order valence-corrected chi connectivity index (χ2v) is 6.44. The zero-order valence-electron chi connectivity index (χ0n) is 12.1. The SMILES string of the molecule is CN(CC1(O)CCCC1)C(=O)C1CCc2cn[nH]c2C1. The Labute approximate surface area is 119 Å². The first-order chi connectivity index (χ1) is 9.57. The maximum atomic E-state index is 12.5. The van der Waals surface area contributed by atoms with Crippen LogP contribution in [0, 0.1) is 5.92 Å². The van der Waals surface area contributed by atoms with E-state index < -0.39 is 5.60 Å². The van der Waals surface area contributed by atoms with E-state index in [0.29, 0.717) is 6.54 Å². The van der Waals surface area contributed by atoms with Crippen molar-refractivity contribution in [3.05, 3.63) is 17.5 Å². The number of aliphatic hydroxyl groups is 1. The van der Waals surface area contributed by atoms with E-state index in [2.05, 4.69) is 10.2 Å². The Morgan fingerprint density at radius 3 is 3.05 bits per heavy atom. The van der Waals surface area contributed by atoms with E-state index in [1.54, 1.807) is 4.90 Å². The molecule has 5 heteroatoms. The molecule has 5 nitrogen and oxygen atoms in total. The molecule has 0 aliphatic heterocycles. The Hall–Kier alpha value is -1.36. The predicted molar refractivity (Wildman–Crippen MR) is 75.2 cm³/mol. The molecule has 0 bridgehead atoms. The van der Waals surface area contributed by atoms with Crippen LogP contribution in [0.5, 0.6) is 0 Å². The minimum atomic E-state index is -0.655. The lowest BCUT2D eigenvalue weighted by atomic mass is 9.87. The van der Waals surface area contributed by atoms with E-state index in [0.717, 1.165) is 50.6 Å². The highest BCUT2D eigenvalue weighted by molar-refractivity contribution is 5.79. The summed E-state index contributed by atoms with van der Waals surface area (Å²) in [5.41, 5.74) is 1.69. The maximum Gasteiger partial charge on any atom is 0.225 e. The molecule has 1 heterocycles. The largest absolute Gasteiger partial charge is 0.388 e. The summed E-state index contributed by atoms with van der Waals surface area (Å²) in [5, 5.41) is 17.5. The molecule has 3 rings (SSSR count). The van der Waals surface area contributed by atoms with Gasteiger partial charge in [0.05, 0.1) is 11.8 Å². The van der Waals surface area contributed by atoms with Crippen molar-refractivity contribution in [2.45, 2.75) is 50.5 Å². The Balaban J connectivity index is 1.61. The van der Waals surface area contributed by atoms with Crippen molar-refractivity contribution in [3.63, 3.8) is 0 Å². The molecule has 1 fully saturated rings. The highest BCUT2D eigenvalue weighted by Crippen LogP contribution is 2.31. The van der Waals surface area contributed by atoms with Crippen LogP contribution >= 0.6 is 0 Å². The molecule has 1 amide bonds. The number of carbonyl (C=O) groups is 1. The number of nitrogens with zero attached hydrogens (tertiary/aromatic N) is 2. The van der Waals surface area contributed by atoms with E-state index in [-0.39, 0.29) is 11.8 Å². The first-order valence-corrected chi connectivity index (χ1v) is 7.56. The van der Waals surface area contributed by atoms with E-state index in [9.17, 15) is 9.90 Å². The number of hydrogen-bond acceptors (Lipinski definition) is 3. The van der Waals surface area contributed by atoms with Crippen molar-refractivity contribution in [1.82, 2.24) is 15.1 Å². The van der Waals surface area contributed by atoms with Gasteiger partial charge in [-0.2, -0.15) is 5.10 Å². The van der Waals surface area contributed by atoms with Gasteiger partial charge in [0.15, 0.2) is 0 Å². The topological polar surface area (TPSA) is 69.2 Å². The van der Waals surface area contributed by atoms with Gasteiger partial charge in [-0.15, -0.1) is 0 Å². The molecule has 2 aliphatic rings. The first kappa shape index (κ1) is 13.6. The molecule has 0 spiro atoms. The third-order valence-corrected chi connectivity index (χ3v) is 4.81. The summed E-state index contributed by atoms with van der Waals surface area (Å²) in [5.74, 6) is 0.184. The van der Waals surface area contributed by atoms with Crippen LogP contribution in [-0.4, -0.2) is 45.3 Å². The standard InChI is InChI=1S/C15H23N3O2/c1-18(10-15(20)6-2-3-7-15)14(19)11-4-5-12-9-16-17-13(12)8-11/h9,11,20H,2-8,10H2,1H3,(H,16,17). The first-order valence-electron chi connectivity index (χ1n) is 7.56. The molecule has 2 aliphatic carbocycles. The number of fused-ring (bicyclic) bond motifs is 1. The lowest BCUT2D eigenvalue weighted by molar-refractivity contribution is -0.137. The van der Waals surface area contributed by atoms with Gasteiger partial charge in [0, 0.05) is 31.6 Å². The molecule has 1 aromatic heterocycles. The number of likely N-dealkylation sites (N-methyl/N-ethyl adjacent to an activating group) is 1. The zero-order chi connectivity index (χ0) is 14.2. The van der Waals surface area contributed by atoms with Crippen LogP contribution in [0.4, 0.5) is 0 Å². The fourth-order valence-electron chi connectivity index (χ4n) is 3.64. The monoisotopic (exact) mass is 277 g/mol. The number of aromatic nitrogens is 2. The van der Waals surface area contributed by atoms with Crippen LogP contribution in [0.2, 0.25) is 0 Å². The highest BCUT2D eigenvalue weighted by Gasteiger charge is 2.35. The second-order valence-electron chi connectivity index (χ2n) is 6.44. The van der Waals surface area contributed by atoms with Gasteiger partial charge in [0.25, 0.3) is 0 Å². The normalized spacial score (nSPS) is 24.4. The fourth-order valence-corrected chi connectivity index (χ4v) is 3.64. The van der Waals surface area contributed by atoms with Crippen LogP contribution in [-0.2, 0) is 17.6 Å². The second kappa shape index (κ2) is 5.20. The highest BCUT2D eigenvalue weighted by atomic mass is 16.3. The van der Waals surface area contributed by atoms with E-state index >= 15 is 0 Å². The van der Waals surface area contributed by atoms with Gasteiger partial charge in [-0.1, -0.05) is 12.8 Å².